The summed E-state index contributed by atoms with van der Waals surface area (Å²) in [6, 6.07) is 3.28. The number of halogens is 1. The molecule has 0 N–H and O–H groups in total. The maximum atomic E-state index is 11.3. The normalized spacial score (nSPS) is 12.7. The Labute approximate surface area is 88.9 Å². The van der Waals surface area contributed by atoms with E-state index in [0.717, 1.165) is 0 Å². The number of esters is 1. The highest BCUT2D eigenvalue weighted by atomic mass is 79.9. The van der Waals surface area contributed by atoms with Crippen molar-refractivity contribution in [3.05, 3.63) is 22.2 Å². The molecule has 0 aliphatic carbocycles. The molecule has 0 aromatic heterocycles. The third kappa shape index (κ3) is 1.43. The van der Waals surface area contributed by atoms with Crippen molar-refractivity contribution in [2.75, 3.05) is 13.9 Å². The standard InChI is InChI=1S/C9H7BrO4/c1-12-9(11)5-2-7-8(3-6(5)10)14-4-13-7/h2-3H,4H2,1H3. The minimum Gasteiger partial charge on any atom is -0.465 e. The topological polar surface area (TPSA) is 44.8 Å². The molecule has 0 saturated heterocycles. The van der Waals surface area contributed by atoms with Crippen LogP contribution < -0.4 is 9.47 Å². The lowest BCUT2D eigenvalue weighted by Crippen LogP contribution is -2.02. The summed E-state index contributed by atoms with van der Waals surface area (Å²) in [6.07, 6.45) is 0. The van der Waals surface area contributed by atoms with Crippen molar-refractivity contribution in [2.45, 2.75) is 0 Å². The van der Waals surface area contributed by atoms with Crippen LogP contribution in [-0.4, -0.2) is 19.9 Å². The molecule has 0 radical (unpaired) electrons. The highest BCUT2D eigenvalue weighted by Gasteiger charge is 2.19. The lowest BCUT2D eigenvalue weighted by atomic mass is 10.2. The summed E-state index contributed by atoms with van der Waals surface area (Å²) in [7, 11) is 1.33. The van der Waals surface area contributed by atoms with Crippen molar-refractivity contribution in [2.24, 2.45) is 0 Å². The zero-order valence-corrected chi connectivity index (χ0v) is 8.96. The molecule has 2 rings (SSSR count). The minimum absolute atomic E-state index is 0.187. The van der Waals surface area contributed by atoms with Crippen molar-refractivity contribution >= 4 is 21.9 Å². The molecular weight excluding hydrogens is 252 g/mol. The third-order valence-corrected chi connectivity index (χ3v) is 2.52. The number of hydrogen-bond donors (Lipinski definition) is 0. The summed E-state index contributed by atoms with van der Waals surface area (Å²) in [5.74, 6) is 0.785. The Bertz CT molecular complexity index is 389. The van der Waals surface area contributed by atoms with Gasteiger partial charge in [0.1, 0.15) is 0 Å². The molecule has 4 nitrogen and oxygen atoms in total. The number of carbonyl (C=O) groups is 1. The molecule has 0 fully saturated rings. The van der Waals surface area contributed by atoms with Crippen LogP contribution in [0.2, 0.25) is 0 Å². The Morgan fingerprint density at radius 1 is 1.43 bits per heavy atom. The first-order valence-electron chi connectivity index (χ1n) is 3.90. The van der Waals surface area contributed by atoms with Crippen LogP contribution in [0.5, 0.6) is 11.5 Å². The van der Waals surface area contributed by atoms with Crippen LogP contribution in [0.3, 0.4) is 0 Å². The minimum atomic E-state index is -0.407. The molecule has 1 aromatic carbocycles. The molecule has 0 bridgehead atoms. The molecule has 14 heavy (non-hydrogen) atoms. The molecule has 1 heterocycles. The van der Waals surface area contributed by atoms with Gasteiger partial charge in [-0.1, -0.05) is 0 Å². The summed E-state index contributed by atoms with van der Waals surface area (Å²) in [5.41, 5.74) is 0.428. The number of fused-ring (bicyclic) bond motifs is 1. The fraction of sp³-hybridized carbons (Fsp3) is 0.222. The van der Waals surface area contributed by atoms with Crippen LogP contribution in [-0.2, 0) is 4.74 Å². The van der Waals surface area contributed by atoms with Crippen molar-refractivity contribution < 1.29 is 19.0 Å². The maximum Gasteiger partial charge on any atom is 0.339 e. The molecule has 1 aliphatic heterocycles. The quantitative estimate of drug-likeness (QED) is 0.723. The first-order valence-corrected chi connectivity index (χ1v) is 4.69. The smallest absolute Gasteiger partial charge is 0.339 e. The number of carbonyl (C=O) groups excluding carboxylic acids is 1. The fourth-order valence-corrected chi connectivity index (χ4v) is 1.67. The average Bonchev–Trinajstić information content (AvgIpc) is 2.62. The van der Waals surface area contributed by atoms with Gasteiger partial charge in [0.25, 0.3) is 0 Å². The molecule has 0 atom stereocenters. The second kappa shape index (κ2) is 3.49. The second-order valence-corrected chi connectivity index (χ2v) is 3.53. The van der Waals surface area contributed by atoms with E-state index in [0.29, 0.717) is 21.5 Å². The lowest BCUT2D eigenvalue weighted by Gasteiger charge is -2.03. The number of methoxy groups -OCH3 is 1. The molecule has 0 saturated carbocycles. The Kier molecular flexibility index (Phi) is 2.33. The van der Waals surface area contributed by atoms with E-state index in [1.165, 1.54) is 7.11 Å². The number of hydrogen-bond acceptors (Lipinski definition) is 4. The second-order valence-electron chi connectivity index (χ2n) is 2.68. The third-order valence-electron chi connectivity index (χ3n) is 1.87. The number of ether oxygens (including phenoxy) is 3. The van der Waals surface area contributed by atoms with Gasteiger partial charge in [-0.25, -0.2) is 4.79 Å². The zero-order valence-electron chi connectivity index (χ0n) is 7.37. The first-order chi connectivity index (χ1) is 6.72. The summed E-state index contributed by atoms with van der Waals surface area (Å²) >= 11 is 3.25. The average molecular weight is 259 g/mol. The van der Waals surface area contributed by atoms with Crippen molar-refractivity contribution in [1.29, 1.82) is 0 Å². The van der Waals surface area contributed by atoms with Crippen molar-refractivity contribution in [3.63, 3.8) is 0 Å². The van der Waals surface area contributed by atoms with Gasteiger partial charge in [-0.2, -0.15) is 0 Å². The fourth-order valence-electron chi connectivity index (χ4n) is 1.18. The molecular formula is C9H7BrO4. The van der Waals surface area contributed by atoms with Gasteiger partial charge < -0.3 is 14.2 Å². The molecule has 0 unspecified atom stereocenters. The Morgan fingerprint density at radius 2 is 2.07 bits per heavy atom. The predicted molar refractivity (Wildman–Crippen MR) is 51.6 cm³/mol. The van der Waals surface area contributed by atoms with Crippen molar-refractivity contribution in [1.82, 2.24) is 0 Å². The molecule has 0 spiro atoms. The number of rotatable bonds is 1. The first kappa shape index (κ1) is 9.33. The van der Waals surface area contributed by atoms with Crippen molar-refractivity contribution in [3.8, 4) is 11.5 Å². The lowest BCUT2D eigenvalue weighted by molar-refractivity contribution is 0.0599. The van der Waals surface area contributed by atoms with Gasteiger partial charge in [-0.3, -0.25) is 0 Å². The van der Waals surface area contributed by atoms with Crippen LogP contribution in [0.4, 0.5) is 0 Å². The van der Waals surface area contributed by atoms with E-state index in [1.54, 1.807) is 12.1 Å². The van der Waals surface area contributed by atoms with Gasteiger partial charge in [0, 0.05) is 4.47 Å². The molecule has 1 aliphatic rings. The SMILES string of the molecule is COC(=O)c1cc2c(cc1Br)OCO2. The maximum absolute atomic E-state index is 11.3. The van der Waals surface area contributed by atoms with E-state index in [4.69, 9.17) is 9.47 Å². The summed E-state index contributed by atoms with van der Waals surface area (Å²) in [5, 5.41) is 0. The summed E-state index contributed by atoms with van der Waals surface area (Å²) < 4.78 is 15.5. The molecule has 0 amide bonds. The highest BCUT2D eigenvalue weighted by Crippen LogP contribution is 2.36. The monoisotopic (exact) mass is 258 g/mol. The van der Waals surface area contributed by atoms with Crippen LogP contribution in [0.25, 0.3) is 0 Å². The van der Waals surface area contributed by atoms with Gasteiger partial charge in [0.05, 0.1) is 12.7 Å². The summed E-state index contributed by atoms with van der Waals surface area (Å²) in [6.45, 7) is 0.187. The Morgan fingerprint density at radius 3 is 2.71 bits per heavy atom. The molecule has 5 heteroatoms. The Hall–Kier alpha value is -1.23. The van der Waals surface area contributed by atoms with E-state index < -0.39 is 5.97 Å². The van der Waals surface area contributed by atoms with Crippen LogP contribution in [0.15, 0.2) is 16.6 Å². The highest BCUT2D eigenvalue weighted by molar-refractivity contribution is 9.10. The zero-order chi connectivity index (χ0) is 10.1. The molecule has 74 valence electrons. The van der Waals surface area contributed by atoms with Crippen LogP contribution in [0, 0.1) is 0 Å². The number of benzene rings is 1. The van der Waals surface area contributed by atoms with Gasteiger partial charge in [-0.05, 0) is 28.1 Å². The Balaban J connectivity index is 2.47. The summed E-state index contributed by atoms with van der Waals surface area (Å²) in [4.78, 5) is 11.3. The van der Waals surface area contributed by atoms with E-state index in [-0.39, 0.29) is 6.79 Å². The van der Waals surface area contributed by atoms with Gasteiger partial charge >= 0.3 is 5.97 Å². The van der Waals surface area contributed by atoms with Gasteiger partial charge in [0.15, 0.2) is 11.5 Å². The largest absolute Gasteiger partial charge is 0.465 e. The van der Waals surface area contributed by atoms with Crippen LogP contribution >= 0.6 is 15.9 Å². The van der Waals surface area contributed by atoms with Gasteiger partial charge in [0.2, 0.25) is 6.79 Å². The van der Waals surface area contributed by atoms with E-state index in [1.807, 2.05) is 0 Å². The predicted octanol–water partition coefficient (Wildman–Crippen LogP) is 1.96. The van der Waals surface area contributed by atoms with Gasteiger partial charge in [-0.15, -0.1) is 0 Å². The molecule has 1 aromatic rings. The van der Waals surface area contributed by atoms with Crippen LogP contribution in [0.1, 0.15) is 10.4 Å². The van der Waals surface area contributed by atoms with E-state index >= 15 is 0 Å². The van der Waals surface area contributed by atoms with E-state index in [2.05, 4.69) is 20.7 Å². The van der Waals surface area contributed by atoms with E-state index in [9.17, 15) is 4.79 Å².